The number of ether oxygens (including phenoxy) is 1. The van der Waals surface area contributed by atoms with Crippen LogP contribution in [0, 0.1) is 5.82 Å². The molecule has 1 amide bonds. The third-order valence-electron chi connectivity index (χ3n) is 4.44. The number of para-hydroxylation sites is 1. The quantitative estimate of drug-likeness (QED) is 0.599. The number of rotatable bonds is 5. The Bertz CT molecular complexity index is 995. The van der Waals surface area contributed by atoms with Gasteiger partial charge in [0, 0.05) is 11.4 Å². The molecule has 1 atom stereocenters. The molecule has 1 fully saturated rings. The summed E-state index contributed by atoms with van der Waals surface area (Å²) in [5.74, 6) is -2.16. The number of nitrogens with zero attached hydrogens (tertiary/aromatic N) is 1. The second-order valence-corrected chi connectivity index (χ2v) is 8.69. The van der Waals surface area contributed by atoms with Crippen molar-refractivity contribution in [1.82, 2.24) is 0 Å². The molecule has 7 nitrogen and oxygen atoms in total. The Kier molecular flexibility index (Phi) is 5.64. The van der Waals surface area contributed by atoms with Crippen molar-refractivity contribution in [2.45, 2.75) is 12.5 Å². The maximum atomic E-state index is 13.1. The van der Waals surface area contributed by atoms with Gasteiger partial charge < -0.3 is 15.4 Å². The van der Waals surface area contributed by atoms with Crippen LogP contribution in [0.4, 0.5) is 15.8 Å². The molecule has 1 aliphatic heterocycles. The molecule has 148 valence electrons. The smallest absolute Gasteiger partial charge is 0.340 e. The molecule has 2 N–H and O–H groups in total. The number of sulfone groups is 1. The number of benzene rings is 2. The molecule has 0 aliphatic carbocycles. The molecular weight excluding hydrogens is 387 g/mol. The van der Waals surface area contributed by atoms with E-state index in [2.05, 4.69) is 0 Å². The van der Waals surface area contributed by atoms with Gasteiger partial charge in [0.15, 0.2) is 16.4 Å². The van der Waals surface area contributed by atoms with Crippen LogP contribution in [0.15, 0.2) is 48.5 Å². The molecule has 2 aromatic rings. The molecule has 0 saturated carbocycles. The van der Waals surface area contributed by atoms with Crippen molar-refractivity contribution >= 4 is 33.1 Å². The first-order valence-corrected chi connectivity index (χ1v) is 10.4. The SMILES string of the molecule is Nc1cc(F)ccc1C(=O)OCC(=O)N(c1ccccc1)[C@H]1CCS(=O)(=O)C1. The molecule has 0 bridgehead atoms. The average Bonchev–Trinajstić information content (AvgIpc) is 3.00. The summed E-state index contributed by atoms with van der Waals surface area (Å²) < 4.78 is 41.8. The Morgan fingerprint density at radius 3 is 2.50 bits per heavy atom. The van der Waals surface area contributed by atoms with E-state index in [-0.39, 0.29) is 22.8 Å². The van der Waals surface area contributed by atoms with Crippen LogP contribution in [0.5, 0.6) is 0 Å². The summed E-state index contributed by atoms with van der Waals surface area (Å²) in [5.41, 5.74) is 5.98. The van der Waals surface area contributed by atoms with E-state index < -0.39 is 40.2 Å². The normalized spacial score (nSPS) is 17.8. The number of carbonyl (C=O) groups excluding carboxylic acids is 2. The fraction of sp³-hybridized carbons (Fsp3) is 0.263. The van der Waals surface area contributed by atoms with Gasteiger partial charge in [-0.05, 0) is 36.8 Å². The van der Waals surface area contributed by atoms with E-state index in [0.717, 1.165) is 12.1 Å². The number of esters is 1. The van der Waals surface area contributed by atoms with Crippen LogP contribution in [-0.4, -0.2) is 44.4 Å². The summed E-state index contributed by atoms with van der Waals surface area (Å²) in [6.07, 6.45) is 0.307. The molecule has 1 saturated heterocycles. The summed E-state index contributed by atoms with van der Waals surface area (Å²) in [4.78, 5) is 26.3. The van der Waals surface area contributed by atoms with Gasteiger partial charge in [-0.1, -0.05) is 18.2 Å². The fourth-order valence-corrected chi connectivity index (χ4v) is 4.82. The second kappa shape index (κ2) is 7.97. The summed E-state index contributed by atoms with van der Waals surface area (Å²) in [6.45, 7) is -0.596. The fourth-order valence-electron chi connectivity index (χ4n) is 3.12. The highest BCUT2D eigenvalue weighted by Gasteiger charge is 2.35. The van der Waals surface area contributed by atoms with Crippen LogP contribution in [-0.2, 0) is 19.4 Å². The zero-order valence-corrected chi connectivity index (χ0v) is 15.7. The van der Waals surface area contributed by atoms with Gasteiger partial charge in [0.1, 0.15) is 5.82 Å². The summed E-state index contributed by atoms with van der Waals surface area (Å²) in [6, 6.07) is 11.3. The van der Waals surface area contributed by atoms with E-state index >= 15 is 0 Å². The zero-order chi connectivity index (χ0) is 20.3. The van der Waals surface area contributed by atoms with Crippen molar-refractivity contribution in [3.63, 3.8) is 0 Å². The third-order valence-corrected chi connectivity index (χ3v) is 6.19. The number of anilines is 2. The lowest BCUT2D eigenvalue weighted by atomic mass is 10.1. The molecule has 3 rings (SSSR count). The van der Waals surface area contributed by atoms with Gasteiger partial charge in [0.2, 0.25) is 0 Å². The number of nitrogen functional groups attached to an aromatic ring is 1. The van der Waals surface area contributed by atoms with Crippen molar-refractivity contribution in [1.29, 1.82) is 0 Å². The van der Waals surface area contributed by atoms with E-state index in [0.29, 0.717) is 12.1 Å². The van der Waals surface area contributed by atoms with Crippen molar-refractivity contribution < 1.29 is 27.1 Å². The van der Waals surface area contributed by atoms with E-state index in [1.165, 1.54) is 11.0 Å². The maximum Gasteiger partial charge on any atom is 0.340 e. The predicted molar refractivity (Wildman–Crippen MR) is 102 cm³/mol. The Morgan fingerprint density at radius 1 is 1.18 bits per heavy atom. The molecule has 28 heavy (non-hydrogen) atoms. The van der Waals surface area contributed by atoms with Crippen LogP contribution < -0.4 is 10.6 Å². The van der Waals surface area contributed by atoms with Crippen LogP contribution in [0.2, 0.25) is 0 Å². The maximum absolute atomic E-state index is 13.1. The van der Waals surface area contributed by atoms with Gasteiger partial charge in [-0.3, -0.25) is 4.79 Å². The monoisotopic (exact) mass is 406 g/mol. The highest BCUT2D eigenvalue weighted by molar-refractivity contribution is 7.91. The van der Waals surface area contributed by atoms with E-state index in [1.54, 1.807) is 30.3 Å². The van der Waals surface area contributed by atoms with E-state index in [9.17, 15) is 22.4 Å². The first-order valence-electron chi connectivity index (χ1n) is 8.56. The summed E-state index contributed by atoms with van der Waals surface area (Å²) >= 11 is 0. The first-order chi connectivity index (χ1) is 13.3. The van der Waals surface area contributed by atoms with Gasteiger partial charge in [0.25, 0.3) is 5.91 Å². The standard InChI is InChI=1S/C19H19FN2O5S/c20-13-6-7-16(17(21)10-13)19(24)27-11-18(23)22(14-4-2-1-3-5-14)15-8-9-28(25,26)12-15/h1-7,10,15H,8-9,11-12,21H2/t15-/m0/s1. The number of amides is 1. The highest BCUT2D eigenvalue weighted by Crippen LogP contribution is 2.25. The summed E-state index contributed by atoms with van der Waals surface area (Å²) in [5, 5.41) is 0. The number of carbonyl (C=O) groups is 2. The minimum atomic E-state index is -3.22. The molecule has 9 heteroatoms. The number of nitrogens with two attached hydrogens (primary N) is 1. The van der Waals surface area contributed by atoms with Gasteiger partial charge in [0.05, 0.1) is 23.1 Å². The molecule has 2 aromatic carbocycles. The van der Waals surface area contributed by atoms with Crippen LogP contribution >= 0.6 is 0 Å². The lowest BCUT2D eigenvalue weighted by molar-refractivity contribution is -0.122. The number of halogens is 1. The van der Waals surface area contributed by atoms with E-state index in [4.69, 9.17) is 10.5 Å². The highest BCUT2D eigenvalue weighted by atomic mass is 32.2. The molecule has 0 spiro atoms. The average molecular weight is 406 g/mol. The van der Waals surface area contributed by atoms with Crippen molar-refractivity contribution in [2.24, 2.45) is 0 Å². The number of hydrogen-bond donors (Lipinski definition) is 1. The van der Waals surface area contributed by atoms with Crippen molar-refractivity contribution in [3.8, 4) is 0 Å². The van der Waals surface area contributed by atoms with Crippen LogP contribution in [0.1, 0.15) is 16.8 Å². The lowest BCUT2D eigenvalue weighted by Gasteiger charge is -2.28. The molecule has 0 unspecified atom stereocenters. The molecule has 0 aromatic heterocycles. The van der Waals surface area contributed by atoms with Gasteiger partial charge in [-0.25, -0.2) is 17.6 Å². The van der Waals surface area contributed by atoms with Crippen LogP contribution in [0.25, 0.3) is 0 Å². The largest absolute Gasteiger partial charge is 0.452 e. The lowest BCUT2D eigenvalue weighted by Crippen LogP contribution is -2.43. The Morgan fingerprint density at radius 2 is 1.89 bits per heavy atom. The minimum Gasteiger partial charge on any atom is -0.452 e. The van der Waals surface area contributed by atoms with E-state index in [1.807, 2.05) is 0 Å². The summed E-state index contributed by atoms with van der Waals surface area (Å²) in [7, 11) is -3.22. The molecular formula is C19H19FN2O5S. The topological polar surface area (TPSA) is 107 Å². The number of hydrogen-bond acceptors (Lipinski definition) is 6. The van der Waals surface area contributed by atoms with Gasteiger partial charge in [-0.15, -0.1) is 0 Å². The Hall–Kier alpha value is -2.94. The first kappa shape index (κ1) is 19.8. The molecule has 1 heterocycles. The van der Waals surface area contributed by atoms with Crippen LogP contribution in [0.3, 0.4) is 0 Å². The molecule has 0 radical (unpaired) electrons. The predicted octanol–water partition coefficient (Wildman–Crippen LogP) is 1.79. The Labute approximate surface area is 161 Å². The van der Waals surface area contributed by atoms with Crippen molar-refractivity contribution in [3.05, 3.63) is 59.9 Å². The Balaban J connectivity index is 1.75. The second-order valence-electron chi connectivity index (χ2n) is 6.46. The van der Waals surface area contributed by atoms with Crippen molar-refractivity contribution in [2.75, 3.05) is 28.7 Å². The van der Waals surface area contributed by atoms with Gasteiger partial charge >= 0.3 is 5.97 Å². The van der Waals surface area contributed by atoms with Gasteiger partial charge in [-0.2, -0.15) is 0 Å². The molecule has 1 aliphatic rings. The minimum absolute atomic E-state index is 0.000180. The third kappa shape index (κ3) is 4.48. The zero-order valence-electron chi connectivity index (χ0n) is 14.9.